The molecule has 0 aliphatic rings. The van der Waals surface area contributed by atoms with Gasteiger partial charge in [-0.05, 0) is 36.4 Å². The zero-order valence-electron chi connectivity index (χ0n) is 15.6. The number of thiazole rings is 1. The summed E-state index contributed by atoms with van der Waals surface area (Å²) in [4.78, 5) is 0. The lowest BCUT2D eigenvalue weighted by Gasteiger charge is -1.91. The normalized spacial score (nSPS) is 16.1. The van der Waals surface area contributed by atoms with Crippen LogP contribution in [0.15, 0.2) is 48.5 Å². The van der Waals surface area contributed by atoms with Gasteiger partial charge in [0.1, 0.15) is 9.23 Å². The number of rotatable bonds is 3. The Labute approximate surface area is 174 Å². The molecule has 0 spiro atoms. The maximum absolute atomic E-state index is 9.73. The van der Waals surface area contributed by atoms with Gasteiger partial charge in [0.2, 0.25) is 5.52 Å². The summed E-state index contributed by atoms with van der Waals surface area (Å²) in [7, 11) is 1.47. The van der Waals surface area contributed by atoms with E-state index in [1.54, 1.807) is 22.7 Å². The zero-order valence-corrected chi connectivity index (χ0v) is 18.0. The van der Waals surface area contributed by atoms with Crippen LogP contribution in [0, 0.1) is 15.3 Å². The van der Waals surface area contributed by atoms with Gasteiger partial charge in [0.15, 0.2) is 6.21 Å². The topological polar surface area (TPSA) is 35.4 Å². The van der Waals surface area contributed by atoms with Crippen LogP contribution >= 0.6 is 34.0 Å². The highest BCUT2D eigenvalue weighted by Crippen LogP contribution is 2.11. The van der Waals surface area contributed by atoms with Gasteiger partial charge in [-0.2, -0.15) is 4.24 Å². The van der Waals surface area contributed by atoms with Gasteiger partial charge < -0.3 is 9.84 Å². The van der Waals surface area contributed by atoms with Crippen LogP contribution in [-0.2, 0) is 4.74 Å². The van der Waals surface area contributed by atoms with Gasteiger partial charge >= 0.3 is 0 Å². The van der Waals surface area contributed by atoms with Gasteiger partial charge in [-0.25, -0.2) is 0 Å². The number of hydrogen-bond donors (Lipinski definition) is 1. The summed E-state index contributed by atoms with van der Waals surface area (Å²) in [5.41, 5.74) is 1.25. The lowest BCUT2D eigenvalue weighted by atomic mass is 10.3. The van der Waals surface area contributed by atoms with Crippen molar-refractivity contribution in [2.24, 2.45) is 0 Å². The highest BCUT2D eigenvalue weighted by molar-refractivity contribution is 7.16. The van der Waals surface area contributed by atoms with Crippen LogP contribution in [0.25, 0.3) is 28.3 Å². The quantitative estimate of drug-likeness (QED) is 0.509. The molecule has 28 heavy (non-hydrogen) atoms. The molecule has 0 amide bonds. The van der Waals surface area contributed by atoms with E-state index in [9.17, 15) is 5.11 Å². The number of hydrogen-bond acceptors (Lipinski definition) is 5. The largest absolute Gasteiger partial charge is 0.480 e. The first-order valence-corrected chi connectivity index (χ1v) is 11.4. The first-order chi connectivity index (χ1) is 13.7. The van der Waals surface area contributed by atoms with Gasteiger partial charge in [-0.3, -0.25) is 0 Å². The van der Waals surface area contributed by atoms with Gasteiger partial charge in [-0.15, -0.1) is 22.7 Å². The van der Waals surface area contributed by atoms with Crippen molar-refractivity contribution in [2.75, 3.05) is 7.11 Å². The van der Waals surface area contributed by atoms with E-state index in [1.807, 2.05) is 12.1 Å². The van der Waals surface area contributed by atoms with E-state index in [0.29, 0.717) is 0 Å². The summed E-state index contributed by atoms with van der Waals surface area (Å²) in [5, 5.41) is 9.73. The van der Waals surface area contributed by atoms with Crippen molar-refractivity contribution in [1.82, 2.24) is 0 Å². The maximum Gasteiger partial charge on any atom is 0.294 e. The standard InChI is InChI=1S/C22H19NO2S3/c1-3-14-23-16-6-4-5-7-17(16)28-21(23)13-9-15-8-10-18(26-15)19-11-12-20(27-19)22(24)25-2/h4-14H,3H2,1-2H3/p+1/b15-9-,19-18+,21-13+,22-20-,23-14+. The van der Waals surface area contributed by atoms with Crippen molar-refractivity contribution in [3.63, 3.8) is 0 Å². The van der Waals surface area contributed by atoms with Gasteiger partial charge in [-0.1, -0.05) is 30.4 Å². The number of benzene rings is 1. The van der Waals surface area contributed by atoms with Crippen LogP contribution in [0.2, 0.25) is 0 Å². The molecule has 0 unspecified atom stereocenters. The predicted molar refractivity (Wildman–Crippen MR) is 119 cm³/mol. The average molecular weight is 427 g/mol. The number of aliphatic hydroxyl groups is 1. The molecule has 0 saturated carbocycles. The second-order valence-electron chi connectivity index (χ2n) is 6.08. The molecule has 3 aromatic heterocycles. The van der Waals surface area contributed by atoms with Gasteiger partial charge in [0.05, 0.1) is 7.11 Å². The third-order valence-electron chi connectivity index (χ3n) is 4.21. The van der Waals surface area contributed by atoms with Crippen LogP contribution in [0.3, 0.4) is 0 Å². The predicted octanol–water partition coefficient (Wildman–Crippen LogP) is 3.55. The summed E-state index contributed by atoms with van der Waals surface area (Å²) < 4.78 is 13.9. The molecule has 3 heterocycles. The smallest absolute Gasteiger partial charge is 0.294 e. The molecule has 1 aromatic carbocycles. The van der Waals surface area contributed by atoms with Crippen LogP contribution in [0.4, 0.5) is 0 Å². The molecule has 4 rings (SSSR count). The molecule has 0 saturated heterocycles. The zero-order chi connectivity index (χ0) is 19.5. The van der Waals surface area contributed by atoms with Crippen LogP contribution in [0.5, 0.6) is 0 Å². The Morgan fingerprint density at radius 2 is 1.79 bits per heavy atom. The molecular formula is C22H20NO2S3+. The van der Waals surface area contributed by atoms with Gasteiger partial charge in [0, 0.05) is 32.2 Å². The third-order valence-corrected chi connectivity index (χ3v) is 7.64. The van der Waals surface area contributed by atoms with E-state index in [2.05, 4.69) is 65.9 Å². The first-order valence-electron chi connectivity index (χ1n) is 8.94. The Kier molecular flexibility index (Phi) is 5.62. The molecular weight excluding hydrogens is 406 g/mol. The van der Waals surface area contributed by atoms with Crippen molar-refractivity contribution < 1.29 is 14.1 Å². The Morgan fingerprint density at radius 1 is 1.00 bits per heavy atom. The maximum atomic E-state index is 9.73. The van der Waals surface area contributed by atoms with Crippen LogP contribution in [0.1, 0.15) is 13.3 Å². The molecule has 142 valence electrons. The Morgan fingerprint density at radius 3 is 2.61 bits per heavy atom. The molecule has 0 aliphatic carbocycles. The summed E-state index contributed by atoms with van der Waals surface area (Å²) in [6.07, 6.45) is 7.58. The molecule has 0 radical (unpaired) electrons. The van der Waals surface area contributed by atoms with E-state index in [-0.39, 0.29) is 5.95 Å². The van der Waals surface area contributed by atoms with E-state index in [1.165, 1.54) is 42.4 Å². The fourth-order valence-corrected chi connectivity index (χ4v) is 5.90. The van der Waals surface area contributed by atoms with Crippen molar-refractivity contribution in [3.8, 4) is 0 Å². The summed E-state index contributed by atoms with van der Waals surface area (Å²) in [6.45, 7) is 2.16. The lowest BCUT2D eigenvalue weighted by molar-refractivity contribution is -0.490. The Hall–Kier alpha value is -2.41. The fraction of sp³-hybridized carbons (Fsp3) is 0.136. The van der Waals surface area contributed by atoms with Crippen LogP contribution < -0.4 is 18.0 Å². The van der Waals surface area contributed by atoms with Crippen molar-refractivity contribution in [3.05, 3.63) is 77.5 Å². The number of fused-ring (bicyclic) bond motifs is 1. The minimum atomic E-state index is -0.0329. The lowest BCUT2D eigenvalue weighted by Crippen LogP contribution is -2.32. The molecule has 0 atom stereocenters. The van der Waals surface area contributed by atoms with Crippen molar-refractivity contribution in [2.45, 2.75) is 13.3 Å². The van der Waals surface area contributed by atoms with E-state index >= 15 is 0 Å². The minimum absolute atomic E-state index is 0.0329. The molecule has 0 fully saturated rings. The second kappa shape index (κ2) is 8.31. The van der Waals surface area contributed by atoms with Gasteiger partial charge in [0.25, 0.3) is 10.6 Å². The molecule has 4 aromatic rings. The molecule has 6 heteroatoms. The van der Waals surface area contributed by atoms with Crippen molar-refractivity contribution >= 4 is 62.3 Å². The molecule has 3 nitrogen and oxygen atoms in total. The SMILES string of the molecule is CC/C=[n+]1/c(=C\C=c2\cc/c(=c3/cc/c(=C(\O)OC)s3)s2)sc2ccccc21. The molecule has 0 bridgehead atoms. The molecule has 1 N–H and O–H groups in total. The number of aliphatic hydroxyl groups excluding tert-OH is 1. The fourth-order valence-electron chi connectivity index (χ4n) is 2.92. The Balaban J connectivity index is 1.86. The number of thiophene rings is 2. The first kappa shape index (κ1) is 18.9. The van der Waals surface area contributed by atoms with E-state index in [0.717, 1.165) is 15.5 Å². The second-order valence-corrected chi connectivity index (χ2v) is 9.34. The average Bonchev–Trinajstić information content (AvgIpc) is 3.45. The summed E-state index contributed by atoms with van der Waals surface area (Å²) >= 11 is 5.07. The summed E-state index contributed by atoms with van der Waals surface area (Å²) in [6, 6.07) is 16.7. The number of nitrogens with zero attached hydrogens (tertiary/aromatic N) is 1. The number of para-hydroxylation sites is 1. The number of methoxy groups -OCH3 is 1. The number of ether oxygens (including phenoxy) is 1. The monoisotopic (exact) mass is 426 g/mol. The van der Waals surface area contributed by atoms with Crippen molar-refractivity contribution in [1.29, 1.82) is 0 Å². The Bertz CT molecular complexity index is 1460. The molecule has 0 aliphatic heterocycles. The third kappa shape index (κ3) is 3.76. The highest BCUT2D eigenvalue weighted by Gasteiger charge is 2.07. The van der Waals surface area contributed by atoms with E-state index < -0.39 is 0 Å². The highest BCUT2D eigenvalue weighted by atomic mass is 32.1. The summed E-state index contributed by atoms with van der Waals surface area (Å²) in [5.74, 6) is -0.0329. The number of aromatic nitrogens is 1. The van der Waals surface area contributed by atoms with Crippen LogP contribution in [-0.4, -0.2) is 12.2 Å². The van der Waals surface area contributed by atoms with E-state index in [4.69, 9.17) is 4.74 Å². The minimum Gasteiger partial charge on any atom is -0.480 e.